The quantitative estimate of drug-likeness (QED) is 0.891. The summed E-state index contributed by atoms with van der Waals surface area (Å²) in [5, 5.41) is 2.59. The molecule has 0 radical (unpaired) electrons. The van der Waals surface area contributed by atoms with Crippen LogP contribution in [0.4, 0.5) is 19.4 Å². The molecule has 21 heavy (non-hydrogen) atoms. The number of hydrogen-bond acceptors (Lipinski definition) is 5. The van der Waals surface area contributed by atoms with Gasteiger partial charge in [0.25, 0.3) is 0 Å². The van der Waals surface area contributed by atoms with Crippen molar-refractivity contribution in [1.29, 1.82) is 0 Å². The molecule has 0 saturated carbocycles. The van der Waals surface area contributed by atoms with Crippen LogP contribution in [0.25, 0.3) is 0 Å². The summed E-state index contributed by atoms with van der Waals surface area (Å²) in [6, 6.07) is 1.18. The SMILES string of the molecule is COCc1cc(NC(=O)N2CC[C@H](OC(F)F)C2)ncn1. The second-order valence-corrected chi connectivity index (χ2v) is 4.51. The summed E-state index contributed by atoms with van der Waals surface area (Å²) in [5.74, 6) is 0.334. The third-order valence-electron chi connectivity index (χ3n) is 2.98. The predicted octanol–water partition coefficient (Wildman–Crippen LogP) is 1.47. The average Bonchev–Trinajstić information content (AvgIpc) is 2.87. The molecule has 1 atom stereocenters. The van der Waals surface area contributed by atoms with E-state index in [1.165, 1.54) is 18.3 Å². The minimum absolute atomic E-state index is 0.131. The Morgan fingerprint density at radius 2 is 2.38 bits per heavy atom. The molecule has 1 aromatic rings. The van der Waals surface area contributed by atoms with Crippen molar-refractivity contribution in [2.75, 3.05) is 25.5 Å². The monoisotopic (exact) mass is 302 g/mol. The smallest absolute Gasteiger partial charge is 0.345 e. The summed E-state index contributed by atoms with van der Waals surface area (Å²) < 4.78 is 33.6. The first-order valence-corrected chi connectivity index (χ1v) is 6.38. The molecule has 0 aromatic carbocycles. The molecule has 0 unspecified atom stereocenters. The summed E-state index contributed by atoms with van der Waals surface area (Å²) in [7, 11) is 1.54. The van der Waals surface area contributed by atoms with Crippen molar-refractivity contribution in [3.8, 4) is 0 Å². The summed E-state index contributed by atoms with van der Waals surface area (Å²) in [6.07, 6.45) is 1.07. The average molecular weight is 302 g/mol. The van der Waals surface area contributed by atoms with Gasteiger partial charge in [-0.05, 0) is 6.42 Å². The molecular weight excluding hydrogens is 286 g/mol. The number of ether oxygens (including phenoxy) is 2. The van der Waals surface area contributed by atoms with Crippen LogP contribution < -0.4 is 5.32 Å². The molecular formula is C12H16F2N4O3. The fourth-order valence-electron chi connectivity index (χ4n) is 2.05. The van der Waals surface area contributed by atoms with Crippen LogP contribution >= 0.6 is 0 Å². The number of rotatable bonds is 5. The van der Waals surface area contributed by atoms with Crippen molar-refractivity contribution >= 4 is 11.8 Å². The van der Waals surface area contributed by atoms with Crippen LogP contribution in [0.1, 0.15) is 12.1 Å². The van der Waals surface area contributed by atoms with Crippen molar-refractivity contribution in [3.05, 3.63) is 18.1 Å². The highest BCUT2D eigenvalue weighted by atomic mass is 19.3. The van der Waals surface area contributed by atoms with Gasteiger partial charge in [0, 0.05) is 26.3 Å². The van der Waals surface area contributed by atoms with E-state index in [-0.39, 0.29) is 6.54 Å². The van der Waals surface area contributed by atoms with Crippen LogP contribution in [0.2, 0.25) is 0 Å². The lowest BCUT2D eigenvalue weighted by atomic mass is 10.3. The van der Waals surface area contributed by atoms with E-state index in [0.717, 1.165) is 0 Å². The van der Waals surface area contributed by atoms with E-state index in [4.69, 9.17) is 4.74 Å². The molecule has 0 spiro atoms. The zero-order valence-corrected chi connectivity index (χ0v) is 11.5. The Morgan fingerprint density at radius 3 is 3.10 bits per heavy atom. The number of hydrogen-bond donors (Lipinski definition) is 1. The van der Waals surface area contributed by atoms with E-state index in [1.54, 1.807) is 6.07 Å². The lowest BCUT2D eigenvalue weighted by molar-refractivity contribution is -0.158. The minimum Gasteiger partial charge on any atom is -0.378 e. The Labute approximate surface area is 120 Å². The fraction of sp³-hybridized carbons (Fsp3) is 0.583. The van der Waals surface area contributed by atoms with Crippen LogP contribution in [0.15, 0.2) is 12.4 Å². The van der Waals surface area contributed by atoms with Gasteiger partial charge in [0.05, 0.1) is 18.4 Å². The Kier molecular flexibility index (Phi) is 5.34. The van der Waals surface area contributed by atoms with Gasteiger partial charge in [0.2, 0.25) is 0 Å². The molecule has 116 valence electrons. The summed E-state index contributed by atoms with van der Waals surface area (Å²) in [4.78, 5) is 21.3. The van der Waals surface area contributed by atoms with Crippen molar-refractivity contribution in [2.24, 2.45) is 0 Å². The summed E-state index contributed by atoms with van der Waals surface area (Å²) in [5.41, 5.74) is 0.628. The second-order valence-electron chi connectivity index (χ2n) is 4.51. The zero-order chi connectivity index (χ0) is 15.2. The lowest BCUT2D eigenvalue weighted by Crippen LogP contribution is -2.34. The van der Waals surface area contributed by atoms with E-state index < -0.39 is 18.7 Å². The highest BCUT2D eigenvalue weighted by Crippen LogP contribution is 2.16. The standard InChI is InChI=1S/C12H16F2N4O3/c1-20-6-8-4-10(16-7-15-8)17-12(19)18-3-2-9(5-18)21-11(13)14/h4,7,9,11H,2-3,5-6H2,1H3,(H,15,16,17,19)/t9-/m0/s1. The van der Waals surface area contributed by atoms with Gasteiger partial charge in [0.15, 0.2) is 0 Å². The number of anilines is 1. The minimum atomic E-state index is -2.82. The van der Waals surface area contributed by atoms with Crippen molar-refractivity contribution in [1.82, 2.24) is 14.9 Å². The molecule has 1 aromatic heterocycles. The Bertz CT molecular complexity index is 489. The predicted molar refractivity (Wildman–Crippen MR) is 68.8 cm³/mol. The Morgan fingerprint density at radius 1 is 1.57 bits per heavy atom. The third-order valence-corrected chi connectivity index (χ3v) is 2.98. The number of urea groups is 1. The molecule has 1 N–H and O–H groups in total. The molecule has 9 heteroatoms. The van der Waals surface area contributed by atoms with Gasteiger partial charge in [-0.2, -0.15) is 8.78 Å². The Hall–Kier alpha value is -1.87. The van der Waals surface area contributed by atoms with Gasteiger partial charge < -0.3 is 14.4 Å². The first kappa shape index (κ1) is 15.5. The maximum Gasteiger partial charge on any atom is 0.345 e. The number of nitrogens with one attached hydrogen (secondary N) is 1. The highest BCUT2D eigenvalue weighted by molar-refractivity contribution is 5.88. The van der Waals surface area contributed by atoms with E-state index in [1.807, 2.05) is 0 Å². The van der Waals surface area contributed by atoms with Crippen molar-refractivity contribution < 1.29 is 23.0 Å². The number of likely N-dealkylation sites (tertiary alicyclic amines) is 1. The van der Waals surface area contributed by atoms with E-state index in [0.29, 0.717) is 31.1 Å². The molecule has 2 amide bonds. The van der Waals surface area contributed by atoms with E-state index in [9.17, 15) is 13.6 Å². The van der Waals surface area contributed by atoms with Crippen molar-refractivity contribution in [2.45, 2.75) is 25.7 Å². The van der Waals surface area contributed by atoms with E-state index >= 15 is 0 Å². The topological polar surface area (TPSA) is 76.6 Å². The molecule has 0 bridgehead atoms. The van der Waals surface area contributed by atoms with Crippen LogP contribution in [-0.4, -0.2) is 53.8 Å². The molecule has 1 saturated heterocycles. The fourth-order valence-corrected chi connectivity index (χ4v) is 2.05. The molecule has 7 nitrogen and oxygen atoms in total. The first-order valence-electron chi connectivity index (χ1n) is 6.38. The normalized spacial score (nSPS) is 18.3. The number of aromatic nitrogens is 2. The second kappa shape index (κ2) is 7.23. The van der Waals surface area contributed by atoms with Crippen molar-refractivity contribution in [3.63, 3.8) is 0 Å². The van der Waals surface area contributed by atoms with Crippen LogP contribution in [0.3, 0.4) is 0 Å². The number of alkyl halides is 2. The number of methoxy groups -OCH3 is 1. The van der Waals surface area contributed by atoms with Gasteiger partial charge in [-0.15, -0.1) is 0 Å². The first-order chi connectivity index (χ1) is 10.1. The van der Waals surface area contributed by atoms with Gasteiger partial charge in [-0.3, -0.25) is 5.32 Å². The largest absolute Gasteiger partial charge is 0.378 e. The third kappa shape index (κ3) is 4.57. The number of halogens is 2. The maximum absolute atomic E-state index is 12.1. The van der Waals surface area contributed by atoms with Gasteiger partial charge in [0.1, 0.15) is 12.1 Å². The maximum atomic E-state index is 12.1. The molecule has 0 aliphatic carbocycles. The molecule has 2 heterocycles. The lowest BCUT2D eigenvalue weighted by Gasteiger charge is -2.17. The van der Waals surface area contributed by atoms with Gasteiger partial charge in [-0.25, -0.2) is 14.8 Å². The highest BCUT2D eigenvalue weighted by Gasteiger charge is 2.29. The number of amides is 2. The van der Waals surface area contributed by atoms with Crippen LogP contribution in [0, 0.1) is 0 Å². The van der Waals surface area contributed by atoms with Gasteiger partial charge >= 0.3 is 12.6 Å². The number of carbonyl (C=O) groups excluding carboxylic acids is 1. The van der Waals surface area contributed by atoms with Crippen LogP contribution in [0.5, 0.6) is 0 Å². The summed E-state index contributed by atoms with van der Waals surface area (Å²) >= 11 is 0. The molecule has 1 aliphatic rings. The van der Waals surface area contributed by atoms with Crippen LogP contribution in [-0.2, 0) is 16.1 Å². The number of carbonyl (C=O) groups is 1. The van der Waals surface area contributed by atoms with Gasteiger partial charge in [-0.1, -0.05) is 0 Å². The molecule has 1 fully saturated rings. The number of nitrogens with zero attached hydrogens (tertiary/aromatic N) is 3. The summed E-state index contributed by atoms with van der Waals surface area (Å²) in [6.45, 7) is -2.03. The molecule has 2 rings (SSSR count). The zero-order valence-electron chi connectivity index (χ0n) is 11.5. The van der Waals surface area contributed by atoms with E-state index in [2.05, 4.69) is 20.0 Å². The Balaban J connectivity index is 1.88. The molecule has 1 aliphatic heterocycles.